The Bertz CT molecular complexity index is 1040. The molecule has 0 spiro atoms. The van der Waals surface area contributed by atoms with Gasteiger partial charge in [-0.2, -0.15) is 0 Å². The van der Waals surface area contributed by atoms with Gasteiger partial charge in [-0.1, -0.05) is 25.4 Å². The van der Waals surface area contributed by atoms with Gasteiger partial charge in [-0.15, -0.1) is 0 Å². The van der Waals surface area contributed by atoms with Gasteiger partial charge in [-0.05, 0) is 42.7 Å². The lowest BCUT2D eigenvalue weighted by Gasteiger charge is -2.29. The van der Waals surface area contributed by atoms with E-state index in [0.29, 0.717) is 19.6 Å². The van der Waals surface area contributed by atoms with E-state index in [1.807, 2.05) is 38.1 Å². The molecule has 9 nitrogen and oxygen atoms in total. The molecule has 182 valence electrons. The number of non-ortho nitro benzene ring substituents is 1. The standard InChI is InChI=1S/C24H29ClN4O5/c1-16(2)22(26-23(30)20-10-7-18(29(32)33)15-21(20)25)24(31)28-12-4-11-27(13-14-28)17-5-8-19(34-3)9-6-17/h5-10,15-16,22H,4,11-14H2,1-3H3,(H,26,30). The lowest BCUT2D eigenvalue weighted by atomic mass is 10.0. The number of methoxy groups -OCH3 is 1. The molecule has 1 N–H and O–H groups in total. The first-order valence-corrected chi connectivity index (χ1v) is 11.5. The van der Waals surface area contributed by atoms with Gasteiger partial charge < -0.3 is 19.9 Å². The van der Waals surface area contributed by atoms with Crippen molar-refractivity contribution in [2.45, 2.75) is 26.3 Å². The van der Waals surface area contributed by atoms with Crippen LogP contribution in [0.2, 0.25) is 5.02 Å². The largest absolute Gasteiger partial charge is 0.497 e. The molecule has 1 unspecified atom stereocenters. The SMILES string of the molecule is COc1ccc(N2CCCN(C(=O)C(NC(=O)c3ccc([N+](=O)[O-])cc3Cl)C(C)C)CC2)cc1. The van der Waals surface area contributed by atoms with E-state index in [4.69, 9.17) is 16.3 Å². The average Bonchev–Trinajstić information content (AvgIpc) is 3.08. The topological polar surface area (TPSA) is 105 Å². The van der Waals surface area contributed by atoms with E-state index in [9.17, 15) is 19.7 Å². The Labute approximate surface area is 203 Å². The highest BCUT2D eigenvalue weighted by molar-refractivity contribution is 6.34. The molecule has 0 aromatic heterocycles. The number of amides is 2. The Morgan fingerprint density at radius 2 is 1.79 bits per heavy atom. The van der Waals surface area contributed by atoms with E-state index in [2.05, 4.69) is 10.2 Å². The molecule has 0 aliphatic carbocycles. The maximum atomic E-state index is 13.4. The summed E-state index contributed by atoms with van der Waals surface area (Å²) in [6.45, 7) is 6.33. The minimum Gasteiger partial charge on any atom is -0.497 e. The predicted molar refractivity (Wildman–Crippen MR) is 131 cm³/mol. The maximum Gasteiger partial charge on any atom is 0.270 e. The molecule has 0 radical (unpaired) electrons. The summed E-state index contributed by atoms with van der Waals surface area (Å²) in [4.78, 5) is 40.6. The number of anilines is 1. The van der Waals surface area contributed by atoms with Crippen molar-refractivity contribution >= 4 is 34.8 Å². The van der Waals surface area contributed by atoms with Crippen molar-refractivity contribution in [2.75, 3.05) is 38.2 Å². The second-order valence-corrected chi connectivity index (χ2v) is 8.89. The number of carbonyl (C=O) groups excluding carboxylic acids is 2. The zero-order valence-corrected chi connectivity index (χ0v) is 20.2. The van der Waals surface area contributed by atoms with Crippen molar-refractivity contribution in [2.24, 2.45) is 5.92 Å². The lowest BCUT2D eigenvalue weighted by molar-refractivity contribution is -0.384. The van der Waals surface area contributed by atoms with Crippen molar-refractivity contribution in [1.29, 1.82) is 0 Å². The molecule has 1 heterocycles. The third-order valence-corrected chi connectivity index (χ3v) is 6.19. The van der Waals surface area contributed by atoms with E-state index in [1.54, 1.807) is 12.0 Å². The number of ether oxygens (including phenoxy) is 1. The monoisotopic (exact) mass is 488 g/mol. The quantitative estimate of drug-likeness (QED) is 0.470. The second kappa shape index (κ2) is 11.2. The number of nitrogens with one attached hydrogen (secondary N) is 1. The van der Waals surface area contributed by atoms with Crippen LogP contribution in [-0.4, -0.2) is 61.0 Å². The molecular formula is C24H29ClN4O5. The first-order chi connectivity index (χ1) is 16.2. The van der Waals surface area contributed by atoms with Crippen LogP contribution >= 0.6 is 11.6 Å². The second-order valence-electron chi connectivity index (χ2n) is 8.48. The number of hydrogen-bond donors (Lipinski definition) is 1. The number of benzene rings is 2. The summed E-state index contributed by atoms with van der Waals surface area (Å²) in [6, 6.07) is 10.7. The van der Waals surface area contributed by atoms with Gasteiger partial charge >= 0.3 is 0 Å². The number of carbonyl (C=O) groups is 2. The van der Waals surface area contributed by atoms with E-state index in [-0.39, 0.29) is 28.1 Å². The fourth-order valence-electron chi connectivity index (χ4n) is 3.92. The first-order valence-electron chi connectivity index (χ1n) is 11.1. The average molecular weight is 489 g/mol. The summed E-state index contributed by atoms with van der Waals surface area (Å²) in [6.07, 6.45) is 0.796. The molecule has 10 heteroatoms. The van der Waals surface area contributed by atoms with Gasteiger partial charge in [0.25, 0.3) is 11.6 Å². The van der Waals surface area contributed by atoms with Gasteiger partial charge in [0.1, 0.15) is 11.8 Å². The van der Waals surface area contributed by atoms with Crippen molar-refractivity contribution in [3.8, 4) is 5.75 Å². The van der Waals surface area contributed by atoms with E-state index in [0.717, 1.165) is 30.5 Å². The van der Waals surface area contributed by atoms with Crippen LogP contribution in [0, 0.1) is 16.0 Å². The molecule has 2 amide bonds. The fourth-order valence-corrected chi connectivity index (χ4v) is 4.18. The number of hydrogen-bond acceptors (Lipinski definition) is 6. The molecule has 0 bridgehead atoms. The summed E-state index contributed by atoms with van der Waals surface area (Å²) in [5, 5.41) is 13.7. The summed E-state index contributed by atoms with van der Waals surface area (Å²) >= 11 is 6.10. The summed E-state index contributed by atoms with van der Waals surface area (Å²) in [5.74, 6) is -0.0622. The minimum absolute atomic E-state index is 0.0356. The highest BCUT2D eigenvalue weighted by atomic mass is 35.5. The van der Waals surface area contributed by atoms with E-state index in [1.165, 1.54) is 12.1 Å². The van der Waals surface area contributed by atoms with Gasteiger partial charge in [-0.3, -0.25) is 19.7 Å². The fraction of sp³-hybridized carbons (Fsp3) is 0.417. The van der Waals surface area contributed by atoms with Gasteiger partial charge in [0.15, 0.2) is 0 Å². The van der Waals surface area contributed by atoms with E-state index < -0.39 is 16.9 Å². The van der Waals surface area contributed by atoms with Crippen molar-refractivity contribution in [3.05, 3.63) is 63.2 Å². The Balaban J connectivity index is 1.68. The molecule has 1 saturated heterocycles. The third-order valence-electron chi connectivity index (χ3n) is 5.87. The lowest BCUT2D eigenvalue weighted by Crippen LogP contribution is -2.52. The molecule has 2 aromatic rings. The maximum absolute atomic E-state index is 13.4. The van der Waals surface area contributed by atoms with Gasteiger partial charge in [0.05, 0.1) is 22.6 Å². The number of nitrogens with zero attached hydrogens (tertiary/aromatic N) is 3. The molecule has 1 aliphatic rings. The number of rotatable bonds is 7. The van der Waals surface area contributed by atoms with Crippen LogP contribution in [-0.2, 0) is 4.79 Å². The molecule has 3 rings (SSSR count). The molecule has 0 saturated carbocycles. The van der Waals surface area contributed by atoms with Crippen molar-refractivity contribution in [1.82, 2.24) is 10.2 Å². The van der Waals surface area contributed by atoms with Crippen LogP contribution in [0.3, 0.4) is 0 Å². The molecule has 34 heavy (non-hydrogen) atoms. The van der Waals surface area contributed by atoms with Crippen LogP contribution in [0.1, 0.15) is 30.6 Å². The Morgan fingerprint density at radius 3 is 2.38 bits per heavy atom. The van der Waals surface area contributed by atoms with Crippen LogP contribution in [0.5, 0.6) is 5.75 Å². The minimum atomic E-state index is -0.744. The summed E-state index contributed by atoms with van der Waals surface area (Å²) in [5.41, 5.74) is 0.952. The van der Waals surface area contributed by atoms with Crippen LogP contribution < -0.4 is 15.0 Å². The summed E-state index contributed by atoms with van der Waals surface area (Å²) < 4.78 is 5.22. The highest BCUT2D eigenvalue weighted by Gasteiger charge is 2.31. The number of nitro benzene ring substituents is 1. The molecule has 1 atom stereocenters. The molecule has 2 aromatic carbocycles. The number of halogens is 1. The predicted octanol–water partition coefficient (Wildman–Crippen LogP) is 3.75. The van der Waals surface area contributed by atoms with Crippen molar-refractivity contribution in [3.63, 3.8) is 0 Å². The molecule has 1 fully saturated rings. The number of nitro groups is 1. The zero-order chi connectivity index (χ0) is 24.8. The van der Waals surface area contributed by atoms with Crippen LogP contribution in [0.4, 0.5) is 11.4 Å². The van der Waals surface area contributed by atoms with Crippen molar-refractivity contribution < 1.29 is 19.2 Å². The van der Waals surface area contributed by atoms with E-state index >= 15 is 0 Å². The Hall–Kier alpha value is -3.33. The normalized spacial score (nSPS) is 15.0. The van der Waals surface area contributed by atoms with Gasteiger partial charge in [0.2, 0.25) is 5.91 Å². The molecule has 1 aliphatic heterocycles. The van der Waals surface area contributed by atoms with Crippen LogP contribution in [0.25, 0.3) is 0 Å². The third kappa shape index (κ3) is 5.96. The smallest absolute Gasteiger partial charge is 0.270 e. The molecular weight excluding hydrogens is 460 g/mol. The Morgan fingerprint density at radius 1 is 1.09 bits per heavy atom. The van der Waals surface area contributed by atoms with Gasteiger partial charge in [0, 0.05) is 44.0 Å². The van der Waals surface area contributed by atoms with Crippen LogP contribution in [0.15, 0.2) is 42.5 Å². The Kier molecular flexibility index (Phi) is 8.33. The van der Waals surface area contributed by atoms with Gasteiger partial charge in [-0.25, -0.2) is 0 Å². The zero-order valence-electron chi connectivity index (χ0n) is 19.5. The first kappa shape index (κ1) is 25.3. The highest BCUT2D eigenvalue weighted by Crippen LogP contribution is 2.24. The summed E-state index contributed by atoms with van der Waals surface area (Å²) in [7, 11) is 1.63.